The van der Waals surface area contributed by atoms with E-state index in [9.17, 15) is 31.9 Å². The molecule has 6 nitrogen and oxygen atoms in total. The zero-order chi connectivity index (χ0) is 22.9. The number of benzene rings is 2. The second kappa shape index (κ2) is 8.38. The van der Waals surface area contributed by atoms with E-state index in [-0.39, 0.29) is 10.7 Å². The van der Waals surface area contributed by atoms with E-state index in [1.165, 1.54) is 24.4 Å². The Morgan fingerprint density at radius 1 is 1.06 bits per heavy atom. The van der Waals surface area contributed by atoms with Crippen LogP contribution in [0.15, 0.2) is 58.4 Å². The summed E-state index contributed by atoms with van der Waals surface area (Å²) >= 11 is 5.59. The minimum Gasteiger partial charge on any atom is -0.324 e. The van der Waals surface area contributed by atoms with Gasteiger partial charge in [0.2, 0.25) is 5.91 Å². The molecule has 0 unspecified atom stereocenters. The van der Waals surface area contributed by atoms with Crippen molar-refractivity contribution in [1.29, 1.82) is 0 Å². The van der Waals surface area contributed by atoms with Gasteiger partial charge in [-0.15, -0.1) is 0 Å². The third-order valence-corrected chi connectivity index (χ3v) is 4.60. The first-order valence-corrected chi connectivity index (χ1v) is 9.10. The third kappa shape index (κ3) is 4.85. The zero-order valence-electron chi connectivity index (χ0n) is 15.8. The molecule has 162 valence electrons. The fourth-order valence-corrected chi connectivity index (χ4v) is 3.04. The number of halogens is 5. The molecular weight excluding hydrogens is 442 g/mol. The van der Waals surface area contributed by atoms with Gasteiger partial charge < -0.3 is 5.32 Å². The molecule has 1 heterocycles. The normalized spacial score (nSPS) is 11.4. The molecule has 11 heteroatoms. The molecule has 3 rings (SSSR count). The number of nitrogens with zero attached hydrogens (tertiary/aromatic N) is 2. The van der Waals surface area contributed by atoms with Gasteiger partial charge in [0.1, 0.15) is 12.4 Å². The van der Waals surface area contributed by atoms with Crippen molar-refractivity contribution >= 4 is 23.2 Å². The van der Waals surface area contributed by atoms with Crippen molar-refractivity contribution in [1.82, 2.24) is 9.13 Å². The number of hydrogen-bond acceptors (Lipinski definition) is 3. The van der Waals surface area contributed by atoms with Gasteiger partial charge in [0.15, 0.2) is 0 Å². The predicted molar refractivity (Wildman–Crippen MR) is 106 cm³/mol. The molecule has 0 fully saturated rings. The lowest BCUT2D eigenvalue weighted by Gasteiger charge is -2.15. The van der Waals surface area contributed by atoms with Crippen molar-refractivity contribution in [2.24, 2.45) is 0 Å². The van der Waals surface area contributed by atoms with Gasteiger partial charge in [-0.2, -0.15) is 13.2 Å². The van der Waals surface area contributed by atoms with Crippen LogP contribution in [0.1, 0.15) is 11.1 Å². The molecule has 2 aromatic carbocycles. The SMILES string of the molecule is Cc1ccc(F)cc1-n1ccn(CC(=O)Nc2ccc(Cl)cc2C(F)(F)F)c(=O)c1=O. The van der Waals surface area contributed by atoms with Gasteiger partial charge in [0, 0.05) is 17.4 Å². The molecule has 1 N–H and O–H groups in total. The van der Waals surface area contributed by atoms with E-state index >= 15 is 0 Å². The lowest BCUT2D eigenvalue weighted by Crippen LogP contribution is -2.41. The maximum atomic E-state index is 13.5. The maximum Gasteiger partial charge on any atom is 0.418 e. The van der Waals surface area contributed by atoms with Gasteiger partial charge in [-0.1, -0.05) is 17.7 Å². The molecule has 0 bridgehead atoms. The van der Waals surface area contributed by atoms with Crippen molar-refractivity contribution in [2.75, 3.05) is 5.32 Å². The molecule has 1 aromatic heterocycles. The summed E-state index contributed by atoms with van der Waals surface area (Å²) in [6.45, 7) is 0.904. The molecule has 0 radical (unpaired) electrons. The highest BCUT2D eigenvalue weighted by atomic mass is 35.5. The quantitative estimate of drug-likeness (QED) is 0.481. The Balaban J connectivity index is 1.89. The fourth-order valence-electron chi connectivity index (χ4n) is 2.87. The Kier molecular flexibility index (Phi) is 6.03. The highest BCUT2D eigenvalue weighted by Gasteiger charge is 2.34. The number of nitrogens with one attached hydrogen (secondary N) is 1. The number of aryl methyl sites for hydroxylation is 1. The minimum absolute atomic E-state index is 0.148. The summed E-state index contributed by atoms with van der Waals surface area (Å²) in [7, 11) is 0. The van der Waals surface area contributed by atoms with Crippen molar-refractivity contribution < 1.29 is 22.4 Å². The molecule has 0 saturated heterocycles. The Bertz CT molecular complexity index is 1280. The number of hydrogen-bond donors (Lipinski definition) is 1. The standard InChI is InChI=1S/C20H14ClF4N3O3/c1-11-2-4-13(22)9-16(11)28-7-6-27(18(30)19(28)31)10-17(29)26-15-5-3-12(21)8-14(15)20(23,24)25/h2-9H,10H2,1H3,(H,26,29). The Hall–Kier alpha value is -3.40. The van der Waals surface area contributed by atoms with Crippen LogP contribution < -0.4 is 16.4 Å². The average molecular weight is 456 g/mol. The molecule has 0 aliphatic heterocycles. The van der Waals surface area contributed by atoms with Gasteiger partial charge in [0.25, 0.3) is 0 Å². The Labute approximate surface area is 177 Å². The average Bonchev–Trinajstić information content (AvgIpc) is 2.68. The number of rotatable bonds is 4. The van der Waals surface area contributed by atoms with Crippen LogP contribution in [0.5, 0.6) is 0 Å². The third-order valence-electron chi connectivity index (χ3n) is 4.36. The van der Waals surface area contributed by atoms with E-state index in [1.54, 1.807) is 6.92 Å². The molecule has 31 heavy (non-hydrogen) atoms. The van der Waals surface area contributed by atoms with E-state index in [4.69, 9.17) is 11.6 Å². The monoisotopic (exact) mass is 455 g/mol. The number of anilines is 1. The minimum atomic E-state index is -4.77. The number of alkyl halides is 3. The smallest absolute Gasteiger partial charge is 0.324 e. The number of aromatic nitrogens is 2. The summed E-state index contributed by atoms with van der Waals surface area (Å²) in [4.78, 5) is 37.0. The number of carbonyl (C=O) groups is 1. The Morgan fingerprint density at radius 2 is 1.77 bits per heavy atom. The first-order valence-electron chi connectivity index (χ1n) is 8.72. The summed E-state index contributed by atoms with van der Waals surface area (Å²) in [5, 5.41) is 1.90. The second-order valence-corrected chi connectivity index (χ2v) is 7.01. The second-order valence-electron chi connectivity index (χ2n) is 6.57. The molecule has 0 spiro atoms. The van der Waals surface area contributed by atoms with Gasteiger partial charge in [-0.3, -0.25) is 23.5 Å². The largest absolute Gasteiger partial charge is 0.418 e. The maximum absolute atomic E-state index is 13.5. The van der Waals surface area contributed by atoms with Crippen LogP contribution in [0.2, 0.25) is 5.02 Å². The van der Waals surface area contributed by atoms with Crippen LogP contribution in [0.25, 0.3) is 5.69 Å². The van der Waals surface area contributed by atoms with Gasteiger partial charge in [0.05, 0.1) is 16.9 Å². The van der Waals surface area contributed by atoms with E-state index < -0.39 is 46.8 Å². The molecule has 1 amide bonds. The highest BCUT2D eigenvalue weighted by molar-refractivity contribution is 6.30. The van der Waals surface area contributed by atoms with E-state index in [0.29, 0.717) is 11.6 Å². The van der Waals surface area contributed by atoms with Crippen LogP contribution in [0, 0.1) is 12.7 Å². The molecular formula is C20H14ClF4N3O3. The topological polar surface area (TPSA) is 73.1 Å². The van der Waals surface area contributed by atoms with E-state index in [1.807, 2.05) is 0 Å². The van der Waals surface area contributed by atoms with Crippen LogP contribution in [-0.2, 0) is 17.5 Å². The molecule has 0 saturated carbocycles. The summed E-state index contributed by atoms with van der Waals surface area (Å²) in [6.07, 6.45) is -2.49. The Morgan fingerprint density at radius 3 is 2.45 bits per heavy atom. The van der Waals surface area contributed by atoms with Gasteiger partial charge >= 0.3 is 17.3 Å². The fraction of sp³-hybridized carbons (Fsp3) is 0.150. The molecule has 3 aromatic rings. The van der Waals surface area contributed by atoms with Crippen LogP contribution >= 0.6 is 11.6 Å². The van der Waals surface area contributed by atoms with Gasteiger partial charge in [-0.25, -0.2) is 4.39 Å². The highest BCUT2D eigenvalue weighted by Crippen LogP contribution is 2.36. The molecule has 0 aliphatic rings. The lowest BCUT2D eigenvalue weighted by atomic mass is 10.1. The first kappa shape index (κ1) is 22.3. The molecule has 0 atom stereocenters. The summed E-state index contributed by atoms with van der Waals surface area (Å²) < 4.78 is 54.7. The van der Waals surface area contributed by atoms with Crippen LogP contribution in [0.3, 0.4) is 0 Å². The van der Waals surface area contributed by atoms with Gasteiger partial charge in [-0.05, 0) is 42.8 Å². The van der Waals surface area contributed by atoms with Crippen molar-refractivity contribution in [3.8, 4) is 5.69 Å². The van der Waals surface area contributed by atoms with Crippen molar-refractivity contribution in [3.05, 3.63) is 91.5 Å². The van der Waals surface area contributed by atoms with Crippen LogP contribution in [-0.4, -0.2) is 15.0 Å². The first-order chi connectivity index (χ1) is 14.5. The van der Waals surface area contributed by atoms with E-state index in [0.717, 1.165) is 27.5 Å². The van der Waals surface area contributed by atoms with Crippen molar-refractivity contribution in [2.45, 2.75) is 19.6 Å². The van der Waals surface area contributed by atoms with Crippen LogP contribution in [0.4, 0.5) is 23.2 Å². The number of amides is 1. The summed E-state index contributed by atoms with van der Waals surface area (Å²) in [5.41, 5.74) is -3.17. The summed E-state index contributed by atoms with van der Waals surface area (Å²) in [6, 6.07) is 6.51. The zero-order valence-corrected chi connectivity index (χ0v) is 16.6. The lowest BCUT2D eigenvalue weighted by molar-refractivity contribution is -0.137. The predicted octanol–water partition coefficient (Wildman–Crippen LogP) is 3.76. The number of carbonyl (C=O) groups excluding carboxylic acids is 1. The molecule has 0 aliphatic carbocycles. The van der Waals surface area contributed by atoms with E-state index in [2.05, 4.69) is 5.32 Å². The van der Waals surface area contributed by atoms with Crippen molar-refractivity contribution in [3.63, 3.8) is 0 Å². The summed E-state index contributed by atoms with van der Waals surface area (Å²) in [5.74, 6) is -1.58.